The van der Waals surface area contributed by atoms with E-state index in [1.807, 2.05) is 6.07 Å². The molecule has 1 amide bonds. The van der Waals surface area contributed by atoms with Crippen molar-refractivity contribution in [2.75, 3.05) is 5.32 Å². The number of benzene rings is 2. The lowest BCUT2D eigenvalue weighted by atomic mass is 10.1. The van der Waals surface area contributed by atoms with Crippen LogP contribution in [-0.4, -0.2) is 21.5 Å². The van der Waals surface area contributed by atoms with E-state index in [4.69, 9.17) is 10.00 Å². The van der Waals surface area contributed by atoms with Gasteiger partial charge in [0.05, 0.1) is 17.3 Å². The zero-order valence-electron chi connectivity index (χ0n) is 17.0. The fourth-order valence-electron chi connectivity index (χ4n) is 2.78. The Bertz CT molecular complexity index is 1150. The highest BCUT2D eigenvalue weighted by Crippen LogP contribution is 2.15. The van der Waals surface area contributed by atoms with Crippen molar-refractivity contribution in [3.8, 4) is 11.8 Å². The van der Waals surface area contributed by atoms with Crippen molar-refractivity contribution in [1.29, 1.82) is 5.26 Å². The number of nitrogens with one attached hydrogen (secondary N) is 1. The maximum atomic E-state index is 12.3. The third kappa shape index (κ3) is 5.55. The van der Waals surface area contributed by atoms with Crippen molar-refractivity contribution >= 4 is 11.8 Å². The van der Waals surface area contributed by atoms with Crippen LogP contribution in [0, 0.1) is 11.3 Å². The minimum atomic E-state index is -0.591. The first-order valence-corrected chi connectivity index (χ1v) is 9.42. The van der Waals surface area contributed by atoms with Crippen LogP contribution < -0.4 is 10.7 Å². The van der Waals surface area contributed by atoms with Crippen molar-refractivity contribution in [1.82, 2.24) is 9.78 Å². The lowest BCUT2D eigenvalue weighted by Gasteiger charge is -2.19. The number of ether oxygens (including phenoxy) is 1. The molecule has 0 aliphatic heterocycles. The molecule has 0 atom stereocenters. The molecule has 2 aromatic carbocycles. The minimum absolute atomic E-state index is 0.176. The molecule has 0 unspecified atom stereocenters. The summed E-state index contributed by atoms with van der Waals surface area (Å²) >= 11 is 0. The third-order valence-electron chi connectivity index (χ3n) is 4.08. The number of nitrogens with zero attached hydrogens (tertiary/aromatic N) is 3. The molecule has 0 radical (unpaired) electrons. The van der Waals surface area contributed by atoms with Crippen molar-refractivity contribution in [2.45, 2.75) is 32.8 Å². The van der Waals surface area contributed by atoms with Gasteiger partial charge in [-0.1, -0.05) is 12.1 Å². The van der Waals surface area contributed by atoms with Crippen molar-refractivity contribution < 1.29 is 9.53 Å². The number of aromatic nitrogens is 2. The first-order chi connectivity index (χ1) is 14.2. The van der Waals surface area contributed by atoms with Gasteiger partial charge in [-0.15, -0.1) is 0 Å². The van der Waals surface area contributed by atoms with Crippen LogP contribution in [0.25, 0.3) is 5.69 Å². The van der Waals surface area contributed by atoms with E-state index in [9.17, 15) is 9.59 Å². The second-order valence-corrected chi connectivity index (χ2v) is 7.73. The number of carbonyl (C=O) groups excluding carboxylic acids is 1. The standard InChI is InChI=1S/C23H22N4O3/c1-23(2,3)30-22(29)25-18-6-4-5-17(13-18)14-20-21(28)11-12-27(26-20)19-9-7-16(15-24)8-10-19/h4-13H,14H2,1-3H3,(H,25,29). The Morgan fingerprint density at radius 3 is 2.57 bits per heavy atom. The number of hydrogen-bond donors (Lipinski definition) is 1. The summed E-state index contributed by atoms with van der Waals surface area (Å²) in [4.78, 5) is 24.3. The third-order valence-corrected chi connectivity index (χ3v) is 4.08. The first-order valence-electron chi connectivity index (χ1n) is 9.42. The fourth-order valence-corrected chi connectivity index (χ4v) is 2.78. The summed E-state index contributed by atoms with van der Waals surface area (Å²) in [5.41, 5.74) is 2.30. The van der Waals surface area contributed by atoms with Gasteiger partial charge in [0.25, 0.3) is 0 Å². The predicted octanol–water partition coefficient (Wildman–Crippen LogP) is 4.04. The van der Waals surface area contributed by atoms with E-state index in [1.54, 1.807) is 74.1 Å². The van der Waals surface area contributed by atoms with Crippen LogP contribution in [0.15, 0.2) is 65.6 Å². The van der Waals surface area contributed by atoms with Crippen LogP contribution in [0.3, 0.4) is 0 Å². The Morgan fingerprint density at radius 2 is 1.90 bits per heavy atom. The lowest BCUT2D eigenvalue weighted by molar-refractivity contribution is 0.0636. The van der Waals surface area contributed by atoms with Crippen LogP contribution in [0.1, 0.15) is 37.6 Å². The molecule has 0 saturated carbocycles. The Morgan fingerprint density at radius 1 is 1.17 bits per heavy atom. The zero-order valence-corrected chi connectivity index (χ0v) is 17.0. The highest BCUT2D eigenvalue weighted by atomic mass is 16.6. The molecule has 0 spiro atoms. The molecule has 0 aliphatic carbocycles. The Labute approximate surface area is 174 Å². The average Bonchev–Trinajstić information content (AvgIpc) is 2.68. The van der Waals surface area contributed by atoms with Gasteiger partial charge in [-0.3, -0.25) is 10.1 Å². The van der Waals surface area contributed by atoms with E-state index in [-0.39, 0.29) is 5.43 Å². The molecule has 1 aromatic heterocycles. The summed E-state index contributed by atoms with van der Waals surface area (Å²) in [6.07, 6.45) is 1.36. The second kappa shape index (κ2) is 8.62. The van der Waals surface area contributed by atoms with Crippen LogP contribution in [-0.2, 0) is 11.2 Å². The van der Waals surface area contributed by atoms with Crippen LogP contribution in [0.4, 0.5) is 10.5 Å². The van der Waals surface area contributed by atoms with E-state index >= 15 is 0 Å². The van der Waals surface area contributed by atoms with Gasteiger partial charge in [-0.2, -0.15) is 10.4 Å². The molecule has 30 heavy (non-hydrogen) atoms. The molecular weight excluding hydrogens is 380 g/mol. The monoisotopic (exact) mass is 402 g/mol. The number of amides is 1. The summed E-state index contributed by atoms with van der Waals surface area (Å²) in [5.74, 6) is 0. The molecule has 7 nitrogen and oxygen atoms in total. The molecule has 3 aromatic rings. The number of anilines is 1. The van der Waals surface area contributed by atoms with Gasteiger partial charge >= 0.3 is 6.09 Å². The van der Waals surface area contributed by atoms with Crippen LogP contribution >= 0.6 is 0 Å². The van der Waals surface area contributed by atoms with Crippen LogP contribution in [0.2, 0.25) is 0 Å². The SMILES string of the molecule is CC(C)(C)OC(=O)Nc1cccc(Cc2nn(-c3ccc(C#N)cc3)ccc2=O)c1. The van der Waals surface area contributed by atoms with Crippen molar-refractivity contribution in [3.63, 3.8) is 0 Å². The molecular formula is C23H22N4O3. The second-order valence-electron chi connectivity index (χ2n) is 7.73. The summed E-state index contributed by atoms with van der Waals surface area (Å²) < 4.78 is 6.86. The van der Waals surface area contributed by atoms with Crippen molar-refractivity contribution in [2.24, 2.45) is 0 Å². The molecule has 0 aliphatic rings. The van der Waals surface area contributed by atoms with Gasteiger partial charge in [0.2, 0.25) is 5.43 Å². The Kier molecular flexibility index (Phi) is 5.98. The van der Waals surface area contributed by atoms with Gasteiger partial charge in [0, 0.05) is 24.4 Å². The maximum Gasteiger partial charge on any atom is 0.412 e. The average molecular weight is 402 g/mol. The molecule has 1 heterocycles. The van der Waals surface area contributed by atoms with Crippen molar-refractivity contribution in [3.05, 3.63) is 87.8 Å². The lowest BCUT2D eigenvalue weighted by Crippen LogP contribution is -2.27. The quantitative estimate of drug-likeness (QED) is 0.710. The highest BCUT2D eigenvalue weighted by Gasteiger charge is 2.16. The minimum Gasteiger partial charge on any atom is -0.444 e. The van der Waals surface area contributed by atoms with Gasteiger partial charge < -0.3 is 4.74 Å². The largest absolute Gasteiger partial charge is 0.444 e. The van der Waals surface area contributed by atoms with Gasteiger partial charge in [0.15, 0.2) is 0 Å². The Balaban J connectivity index is 1.80. The molecule has 0 bridgehead atoms. The summed E-state index contributed by atoms with van der Waals surface area (Å²) in [7, 11) is 0. The first kappa shape index (κ1) is 20.8. The van der Waals surface area contributed by atoms with Gasteiger partial charge in [0.1, 0.15) is 11.3 Å². The molecule has 152 valence electrons. The predicted molar refractivity (Wildman–Crippen MR) is 114 cm³/mol. The fraction of sp³-hybridized carbons (Fsp3) is 0.217. The van der Waals surface area contributed by atoms with E-state index in [2.05, 4.69) is 16.5 Å². The molecule has 0 saturated heterocycles. The maximum absolute atomic E-state index is 12.3. The number of rotatable bonds is 4. The smallest absolute Gasteiger partial charge is 0.412 e. The van der Waals surface area contributed by atoms with Gasteiger partial charge in [-0.05, 0) is 62.7 Å². The van der Waals surface area contributed by atoms with Gasteiger partial charge in [-0.25, -0.2) is 9.48 Å². The molecule has 1 N–H and O–H groups in total. The topological polar surface area (TPSA) is 97.0 Å². The van der Waals surface area contributed by atoms with Crippen LogP contribution in [0.5, 0.6) is 0 Å². The van der Waals surface area contributed by atoms with E-state index < -0.39 is 11.7 Å². The molecule has 0 fully saturated rings. The summed E-state index contributed by atoms with van der Waals surface area (Å²) in [6.45, 7) is 5.38. The molecule has 3 rings (SSSR count). The zero-order chi connectivity index (χ0) is 21.7. The van der Waals surface area contributed by atoms with E-state index in [0.717, 1.165) is 11.3 Å². The van der Waals surface area contributed by atoms with E-state index in [0.29, 0.717) is 23.4 Å². The molecule has 7 heteroatoms. The Hall–Kier alpha value is -3.92. The number of nitriles is 1. The summed E-state index contributed by atoms with van der Waals surface area (Å²) in [6, 6.07) is 17.7. The number of hydrogen-bond acceptors (Lipinski definition) is 5. The normalized spacial score (nSPS) is 10.9. The summed E-state index contributed by atoms with van der Waals surface area (Å²) in [5, 5.41) is 16.1. The number of carbonyl (C=O) groups is 1. The highest BCUT2D eigenvalue weighted by molar-refractivity contribution is 5.84. The van der Waals surface area contributed by atoms with E-state index in [1.165, 1.54) is 6.07 Å².